The maximum Gasteiger partial charge on any atom is 0.233 e. The molecule has 0 aliphatic rings. The second-order valence-electron chi connectivity index (χ2n) is 7.68. The summed E-state index contributed by atoms with van der Waals surface area (Å²) in [5.41, 5.74) is 1.54. The fourth-order valence-electron chi connectivity index (χ4n) is 2.98. The van der Waals surface area contributed by atoms with E-state index in [9.17, 15) is 4.79 Å². The Morgan fingerprint density at radius 3 is 2.71 bits per heavy atom. The number of nitrogens with zero attached hydrogens (tertiary/aromatic N) is 4. The first-order valence-corrected chi connectivity index (χ1v) is 12.8. The Kier molecular flexibility index (Phi) is 10.1. The van der Waals surface area contributed by atoms with Gasteiger partial charge in [0, 0.05) is 27.8 Å². The van der Waals surface area contributed by atoms with Crippen molar-refractivity contribution in [3.63, 3.8) is 0 Å². The van der Waals surface area contributed by atoms with Gasteiger partial charge in [-0.2, -0.15) is 0 Å². The molecule has 0 aliphatic heterocycles. The molecule has 1 N–H and O–H groups in total. The standard InChI is InChI=1S/C24H28BrN5O3S/c1-30(2)13-4-14-32-19-8-6-18(7-9-19)27-22(31)16-24-29-28-23(33-24)11-12-26-20-15-17(25)5-10-21(20)34-3/h5-10,12,15H,4,11,13-14,16H2,1-3H3,(H,27,31)/b26-12+. The van der Waals surface area contributed by atoms with Crippen LogP contribution in [0, 0.1) is 0 Å². The topological polar surface area (TPSA) is 92.8 Å². The molecule has 3 rings (SSSR count). The van der Waals surface area contributed by atoms with Gasteiger partial charge in [-0.05, 0) is 69.2 Å². The number of amides is 1. The summed E-state index contributed by atoms with van der Waals surface area (Å²) >= 11 is 5.09. The molecule has 0 fully saturated rings. The minimum atomic E-state index is -0.234. The minimum absolute atomic E-state index is 0.00478. The quantitative estimate of drug-likeness (QED) is 0.194. The Balaban J connectivity index is 1.45. The van der Waals surface area contributed by atoms with Gasteiger partial charge in [-0.3, -0.25) is 9.79 Å². The molecule has 0 bridgehead atoms. The normalized spacial score (nSPS) is 11.3. The minimum Gasteiger partial charge on any atom is -0.494 e. The molecule has 2 aromatic carbocycles. The van der Waals surface area contributed by atoms with Crippen LogP contribution in [0.3, 0.4) is 0 Å². The highest BCUT2D eigenvalue weighted by Gasteiger charge is 2.11. The Labute approximate surface area is 212 Å². The van der Waals surface area contributed by atoms with Gasteiger partial charge in [0.1, 0.15) is 12.2 Å². The molecule has 0 unspecified atom stereocenters. The van der Waals surface area contributed by atoms with Gasteiger partial charge >= 0.3 is 0 Å². The van der Waals surface area contributed by atoms with Gasteiger partial charge < -0.3 is 19.4 Å². The highest BCUT2D eigenvalue weighted by atomic mass is 79.9. The van der Waals surface area contributed by atoms with Crippen LogP contribution in [-0.4, -0.2) is 60.7 Å². The molecule has 1 amide bonds. The summed E-state index contributed by atoms with van der Waals surface area (Å²) in [6.45, 7) is 1.62. The van der Waals surface area contributed by atoms with E-state index in [0.29, 0.717) is 24.6 Å². The first-order valence-electron chi connectivity index (χ1n) is 10.8. The molecular weight excluding hydrogens is 518 g/mol. The summed E-state index contributed by atoms with van der Waals surface area (Å²) in [5, 5.41) is 10.8. The number of anilines is 1. The number of thioether (sulfide) groups is 1. The SMILES string of the molecule is CSc1ccc(Br)cc1/N=C/Cc1nnc(CC(=O)Nc2ccc(OCCCN(C)C)cc2)o1. The lowest BCUT2D eigenvalue weighted by Crippen LogP contribution is -2.15. The predicted octanol–water partition coefficient (Wildman–Crippen LogP) is 5.01. The van der Waals surface area contributed by atoms with E-state index in [1.54, 1.807) is 30.1 Å². The number of hydrogen-bond acceptors (Lipinski definition) is 8. The number of halogens is 1. The third-order valence-electron chi connectivity index (χ3n) is 4.61. The van der Waals surface area contributed by atoms with E-state index in [0.717, 1.165) is 33.8 Å². The van der Waals surface area contributed by atoms with E-state index >= 15 is 0 Å². The van der Waals surface area contributed by atoms with Gasteiger partial charge in [0.05, 0.1) is 18.7 Å². The molecular formula is C24H28BrN5O3S. The van der Waals surface area contributed by atoms with Crippen LogP contribution in [0.25, 0.3) is 0 Å². The summed E-state index contributed by atoms with van der Waals surface area (Å²) in [7, 11) is 4.07. The maximum absolute atomic E-state index is 12.3. The maximum atomic E-state index is 12.3. The summed E-state index contributed by atoms with van der Waals surface area (Å²) in [6, 6.07) is 13.2. The first-order chi connectivity index (χ1) is 16.4. The van der Waals surface area contributed by atoms with Crippen LogP contribution >= 0.6 is 27.7 Å². The summed E-state index contributed by atoms with van der Waals surface area (Å²) in [5.74, 6) is 1.20. The molecule has 0 saturated carbocycles. The Hall–Kier alpha value is -2.69. The first kappa shape index (κ1) is 25.9. The fourth-order valence-corrected chi connectivity index (χ4v) is 3.85. The van der Waals surface area contributed by atoms with Crippen molar-refractivity contribution in [2.24, 2.45) is 4.99 Å². The van der Waals surface area contributed by atoms with E-state index in [1.165, 1.54) is 0 Å². The number of aliphatic imine (C=N–C) groups is 1. The number of ether oxygens (including phenoxy) is 1. The number of hydrogen-bond donors (Lipinski definition) is 1. The molecule has 1 aromatic heterocycles. The second-order valence-corrected chi connectivity index (χ2v) is 9.44. The molecule has 0 spiro atoms. The number of nitrogens with one attached hydrogen (secondary N) is 1. The van der Waals surface area contributed by atoms with Crippen molar-refractivity contribution in [1.29, 1.82) is 0 Å². The molecule has 0 radical (unpaired) electrons. The molecule has 0 atom stereocenters. The molecule has 34 heavy (non-hydrogen) atoms. The van der Waals surface area contributed by atoms with Crippen LogP contribution in [0.2, 0.25) is 0 Å². The zero-order valence-corrected chi connectivity index (χ0v) is 21.9. The zero-order valence-electron chi connectivity index (χ0n) is 19.5. The Morgan fingerprint density at radius 1 is 1.21 bits per heavy atom. The molecule has 0 aliphatic carbocycles. The summed E-state index contributed by atoms with van der Waals surface area (Å²) in [4.78, 5) is 20.0. The van der Waals surface area contributed by atoms with Crippen molar-refractivity contribution in [2.45, 2.75) is 24.2 Å². The predicted molar refractivity (Wildman–Crippen MR) is 140 cm³/mol. The Bertz CT molecular complexity index is 1100. The lowest BCUT2D eigenvalue weighted by Gasteiger charge is -2.11. The van der Waals surface area contributed by atoms with E-state index in [-0.39, 0.29) is 18.2 Å². The van der Waals surface area contributed by atoms with Crippen molar-refractivity contribution < 1.29 is 13.9 Å². The molecule has 8 nitrogen and oxygen atoms in total. The van der Waals surface area contributed by atoms with Gasteiger partial charge in [-0.15, -0.1) is 22.0 Å². The lowest BCUT2D eigenvalue weighted by atomic mass is 10.3. The highest BCUT2D eigenvalue weighted by molar-refractivity contribution is 9.10. The van der Waals surface area contributed by atoms with Crippen LogP contribution in [0.15, 0.2) is 61.2 Å². The molecule has 3 aromatic rings. The van der Waals surface area contributed by atoms with Crippen LogP contribution in [0.4, 0.5) is 11.4 Å². The second kappa shape index (κ2) is 13.3. The van der Waals surface area contributed by atoms with Gasteiger partial charge in [0.25, 0.3) is 0 Å². The van der Waals surface area contributed by atoms with E-state index in [2.05, 4.69) is 41.3 Å². The van der Waals surface area contributed by atoms with E-state index in [1.807, 2.05) is 50.7 Å². The average Bonchev–Trinajstić information content (AvgIpc) is 3.24. The van der Waals surface area contributed by atoms with Gasteiger partial charge in [0.15, 0.2) is 0 Å². The number of benzene rings is 2. The third-order valence-corrected chi connectivity index (χ3v) is 5.89. The van der Waals surface area contributed by atoms with Crippen molar-refractivity contribution in [1.82, 2.24) is 15.1 Å². The lowest BCUT2D eigenvalue weighted by molar-refractivity contribution is -0.115. The van der Waals surface area contributed by atoms with Crippen LogP contribution in [0.5, 0.6) is 5.75 Å². The van der Waals surface area contributed by atoms with Crippen molar-refractivity contribution in [2.75, 3.05) is 38.8 Å². The third kappa shape index (κ3) is 8.58. The largest absolute Gasteiger partial charge is 0.494 e. The van der Waals surface area contributed by atoms with Gasteiger partial charge in [0.2, 0.25) is 17.7 Å². The van der Waals surface area contributed by atoms with Gasteiger partial charge in [-0.25, -0.2) is 0 Å². The van der Waals surface area contributed by atoms with Crippen LogP contribution in [-0.2, 0) is 17.6 Å². The van der Waals surface area contributed by atoms with Crippen LogP contribution < -0.4 is 10.1 Å². The van der Waals surface area contributed by atoms with E-state index < -0.39 is 0 Å². The number of carbonyl (C=O) groups is 1. The zero-order chi connectivity index (χ0) is 24.3. The van der Waals surface area contributed by atoms with Crippen molar-refractivity contribution >= 4 is 51.2 Å². The molecule has 1 heterocycles. The average molecular weight is 546 g/mol. The molecule has 180 valence electrons. The van der Waals surface area contributed by atoms with Gasteiger partial charge in [-0.1, -0.05) is 15.9 Å². The van der Waals surface area contributed by atoms with Crippen LogP contribution in [0.1, 0.15) is 18.2 Å². The highest BCUT2D eigenvalue weighted by Crippen LogP contribution is 2.30. The Morgan fingerprint density at radius 2 is 1.97 bits per heavy atom. The number of rotatable bonds is 12. The monoisotopic (exact) mass is 545 g/mol. The summed E-state index contributed by atoms with van der Waals surface area (Å²) < 4.78 is 12.3. The van der Waals surface area contributed by atoms with Crippen molar-refractivity contribution in [3.8, 4) is 5.75 Å². The number of carbonyl (C=O) groups excluding carboxylic acids is 1. The molecule has 0 saturated heterocycles. The fraction of sp³-hybridized carbons (Fsp3) is 0.333. The summed E-state index contributed by atoms with van der Waals surface area (Å²) in [6.07, 6.45) is 5.06. The van der Waals surface area contributed by atoms with E-state index in [4.69, 9.17) is 9.15 Å². The molecule has 10 heteroatoms. The smallest absolute Gasteiger partial charge is 0.233 e. The number of aromatic nitrogens is 2. The van der Waals surface area contributed by atoms with Crippen molar-refractivity contribution in [3.05, 3.63) is 58.7 Å².